The van der Waals surface area contributed by atoms with Gasteiger partial charge in [0, 0.05) is 0 Å². The summed E-state index contributed by atoms with van der Waals surface area (Å²) in [7, 11) is 0. The lowest BCUT2D eigenvalue weighted by atomic mass is 10.0. The van der Waals surface area contributed by atoms with Crippen LogP contribution in [0.1, 0.15) is 162 Å². The maximum Gasteiger partial charge on any atom is 0.249 e. The third-order valence-corrected chi connectivity index (χ3v) is 7.38. The predicted octanol–water partition coefficient (Wildman–Crippen LogP) is 7.75. The molecule has 0 aromatic heterocycles. The number of allylic oxidation sites excluding steroid dienone is 2. The van der Waals surface area contributed by atoms with Crippen LogP contribution in [-0.4, -0.2) is 46.1 Å². The molecule has 1 amide bonds. The van der Waals surface area contributed by atoms with E-state index in [-0.39, 0.29) is 6.61 Å². The van der Waals surface area contributed by atoms with E-state index < -0.39 is 24.2 Å². The van der Waals surface area contributed by atoms with Crippen molar-refractivity contribution in [3.8, 4) is 0 Å². The Kier molecular flexibility index (Phi) is 27.4. The zero-order chi connectivity index (χ0) is 27.4. The molecule has 4 N–H and O–H groups in total. The number of nitrogens with one attached hydrogen (secondary N) is 1. The molecule has 0 aliphatic heterocycles. The normalized spacial score (nSPS) is 14.2. The fourth-order valence-electron chi connectivity index (χ4n) is 4.76. The first kappa shape index (κ1) is 36.1. The Balaban J connectivity index is 3.75. The fraction of sp³-hybridized carbons (Fsp3) is 0.906. The van der Waals surface area contributed by atoms with Gasteiger partial charge >= 0.3 is 0 Å². The van der Waals surface area contributed by atoms with Crippen LogP contribution in [0.4, 0.5) is 0 Å². The summed E-state index contributed by atoms with van der Waals surface area (Å²) < 4.78 is 0. The lowest BCUT2D eigenvalue weighted by Crippen LogP contribution is -2.49. The lowest BCUT2D eigenvalue weighted by molar-refractivity contribution is -0.131. The van der Waals surface area contributed by atoms with E-state index in [9.17, 15) is 20.1 Å². The van der Waals surface area contributed by atoms with Crippen LogP contribution >= 0.6 is 0 Å². The summed E-state index contributed by atoms with van der Waals surface area (Å²) in [5, 5.41) is 32.9. The smallest absolute Gasteiger partial charge is 0.249 e. The van der Waals surface area contributed by atoms with Gasteiger partial charge in [0.15, 0.2) is 0 Å². The van der Waals surface area contributed by atoms with Gasteiger partial charge in [-0.2, -0.15) is 0 Å². The van der Waals surface area contributed by atoms with Crippen molar-refractivity contribution in [3.05, 3.63) is 12.2 Å². The molecule has 0 saturated carbocycles. The number of amides is 1. The minimum atomic E-state index is -1.08. The number of aliphatic hydroxyl groups excluding tert-OH is 3. The highest BCUT2D eigenvalue weighted by Gasteiger charge is 2.23. The third kappa shape index (κ3) is 23.9. The summed E-state index contributed by atoms with van der Waals surface area (Å²) in [6.45, 7) is 4.15. The van der Waals surface area contributed by atoms with Gasteiger partial charge in [0.1, 0.15) is 6.10 Å². The first-order valence-electron chi connectivity index (χ1n) is 16.0. The molecule has 0 rings (SSSR count). The Morgan fingerprint density at radius 3 is 1.57 bits per heavy atom. The second-order valence-corrected chi connectivity index (χ2v) is 11.0. The van der Waals surface area contributed by atoms with E-state index in [1.54, 1.807) is 0 Å². The molecule has 3 unspecified atom stereocenters. The Labute approximate surface area is 229 Å². The summed E-state index contributed by atoms with van der Waals surface area (Å²) in [5.41, 5.74) is 0. The Morgan fingerprint density at radius 1 is 0.622 bits per heavy atom. The minimum absolute atomic E-state index is 0.316. The molecule has 0 aromatic carbocycles. The molecule has 0 aliphatic rings. The maximum atomic E-state index is 12.3. The third-order valence-electron chi connectivity index (χ3n) is 7.38. The van der Waals surface area contributed by atoms with E-state index in [1.165, 1.54) is 89.9 Å². The minimum Gasteiger partial charge on any atom is -0.394 e. The number of unbranched alkanes of at least 4 members (excludes halogenated alkanes) is 18. The van der Waals surface area contributed by atoms with Crippen LogP contribution < -0.4 is 5.32 Å². The molecule has 37 heavy (non-hydrogen) atoms. The number of carbonyl (C=O) groups is 1. The van der Waals surface area contributed by atoms with E-state index >= 15 is 0 Å². The predicted molar refractivity (Wildman–Crippen MR) is 158 cm³/mol. The standard InChI is InChI=1S/C32H63NO4/c1-3-5-7-9-11-13-15-16-17-19-20-22-24-26-30(35)29(28-34)33-32(37)31(36)27-25-23-21-18-14-12-10-8-6-4-2/h10,12,29-31,34-36H,3-9,11,13-28H2,1-2H3,(H,33,37)/b12-10-. The summed E-state index contributed by atoms with van der Waals surface area (Å²) in [6, 6.07) is -0.709. The van der Waals surface area contributed by atoms with E-state index in [0.717, 1.165) is 44.9 Å². The molecule has 0 aliphatic carbocycles. The molecule has 3 atom stereocenters. The highest BCUT2D eigenvalue weighted by molar-refractivity contribution is 5.80. The van der Waals surface area contributed by atoms with Crippen LogP contribution in [0.2, 0.25) is 0 Å². The van der Waals surface area contributed by atoms with Gasteiger partial charge in [-0.3, -0.25) is 4.79 Å². The van der Waals surface area contributed by atoms with Crippen LogP contribution in [-0.2, 0) is 4.79 Å². The van der Waals surface area contributed by atoms with Crippen molar-refractivity contribution in [2.45, 2.75) is 180 Å². The summed E-state index contributed by atoms with van der Waals surface area (Å²) in [6.07, 6.45) is 29.0. The van der Waals surface area contributed by atoms with Crippen molar-refractivity contribution < 1.29 is 20.1 Å². The van der Waals surface area contributed by atoms with Crippen LogP contribution in [0.3, 0.4) is 0 Å². The SMILES string of the molecule is CCCC/C=C\CCCCCCC(O)C(=O)NC(CO)C(O)CCCCCCCCCCCCCCC. The molecule has 220 valence electrons. The van der Waals surface area contributed by atoms with Gasteiger partial charge in [-0.1, -0.05) is 142 Å². The molecule has 5 heteroatoms. The fourth-order valence-corrected chi connectivity index (χ4v) is 4.76. The van der Waals surface area contributed by atoms with Gasteiger partial charge < -0.3 is 20.6 Å². The topological polar surface area (TPSA) is 89.8 Å². The quantitative estimate of drug-likeness (QED) is 0.0621. The van der Waals surface area contributed by atoms with Crippen molar-refractivity contribution in [2.75, 3.05) is 6.61 Å². The zero-order valence-corrected chi connectivity index (χ0v) is 24.6. The van der Waals surface area contributed by atoms with Crippen molar-refractivity contribution in [1.29, 1.82) is 0 Å². The highest BCUT2D eigenvalue weighted by atomic mass is 16.3. The second-order valence-electron chi connectivity index (χ2n) is 11.0. The van der Waals surface area contributed by atoms with Gasteiger partial charge in [0.2, 0.25) is 5.91 Å². The first-order valence-corrected chi connectivity index (χ1v) is 16.0. The molecule has 0 heterocycles. The van der Waals surface area contributed by atoms with Gasteiger partial charge in [-0.05, 0) is 32.1 Å². The second kappa shape index (κ2) is 28.1. The average Bonchev–Trinajstić information content (AvgIpc) is 2.90. The van der Waals surface area contributed by atoms with Gasteiger partial charge in [0.05, 0.1) is 18.8 Å². The van der Waals surface area contributed by atoms with Crippen molar-refractivity contribution in [2.24, 2.45) is 0 Å². The average molecular weight is 526 g/mol. The highest BCUT2D eigenvalue weighted by Crippen LogP contribution is 2.14. The van der Waals surface area contributed by atoms with Crippen LogP contribution in [0.5, 0.6) is 0 Å². The molecule has 0 aromatic rings. The number of aliphatic hydroxyl groups is 3. The lowest BCUT2D eigenvalue weighted by Gasteiger charge is -2.23. The van der Waals surface area contributed by atoms with Gasteiger partial charge in [-0.25, -0.2) is 0 Å². The van der Waals surface area contributed by atoms with Crippen molar-refractivity contribution in [1.82, 2.24) is 5.32 Å². The maximum absolute atomic E-state index is 12.3. The van der Waals surface area contributed by atoms with E-state index in [0.29, 0.717) is 12.8 Å². The number of hydrogen-bond acceptors (Lipinski definition) is 4. The van der Waals surface area contributed by atoms with Crippen molar-refractivity contribution >= 4 is 5.91 Å². The van der Waals surface area contributed by atoms with E-state index in [1.807, 2.05) is 0 Å². The number of hydrogen-bond donors (Lipinski definition) is 4. The monoisotopic (exact) mass is 525 g/mol. The van der Waals surface area contributed by atoms with Crippen LogP contribution in [0, 0.1) is 0 Å². The summed E-state index contributed by atoms with van der Waals surface area (Å²) in [5.74, 6) is -0.484. The molecule has 0 saturated heterocycles. The van der Waals surface area contributed by atoms with Gasteiger partial charge in [0.25, 0.3) is 0 Å². The molecule has 0 radical (unpaired) electrons. The molecular weight excluding hydrogens is 462 g/mol. The van der Waals surface area contributed by atoms with Crippen LogP contribution in [0.25, 0.3) is 0 Å². The Morgan fingerprint density at radius 2 is 1.05 bits per heavy atom. The largest absolute Gasteiger partial charge is 0.394 e. The van der Waals surface area contributed by atoms with Crippen LogP contribution in [0.15, 0.2) is 12.2 Å². The number of rotatable bonds is 28. The zero-order valence-electron chi connectivity index (χ0n) is 24.6. The number of carbonyl (C=O) groups excluding carboxylic acids is 1. The molecule has 5 nitrogen and oxygen atoms in total. The summed E-state index contributed by atoms with van der Waals surface area (Å²) >= 11 is 0. The molecule has 0 bridgehead atoms. The van der Waals surface area contributed by atoms with E-state index in [2.05, 4.69) is 31.3 Å². The Bertz CT molecular complexity index is 511. The molecule has 0 spiro atoms. The van der Waals surface area contributed by atoms with Crippen molar-refractivity contribution in [3.63, 3.8) is 0 Å². The molecule has 0 fully saturated rings. The molecular formula is C32H63NO4. The first-order chi connectivity index (χ1) is 18.1. The Hall–Kier alpha value is -0.910. The summed E-state index contributed by atoms with van der Waals surface area (Å²) in [4.78, 5) is 12.3. The van der Waals surface area contributed by atoms with Gasteiger partial charge in [-0.15, -0.1) is 0 Å². The van der Waals surface area contributed by atoms with E-state index in [4.69, 9.17) is 0 Å².